The van der Waals surface area contributed by atoms with Gasteiger partial charge in [-0.1, -0.05) is 87.0 Å². The molecule has 0 aliphatic rings. The van der Waals surface area contributed by atoms with E-state index in [1.54, 1.807) is 0 Å². The normalized spacial score (nSPS) is 10.4. The maximum Gasteiger partial charge on any atom is -0.0106 e. The van der Waals surface area contributed by atoms with Crippen LogP contribution in [0.5, 0.6) is 0 Å². The van der Waals surface area contributed by atoms with Gasteiger partial charge in [-0.05, 0) is 24.3 Å². The fourth-order valence-corrected chi connectivity index (χ4v) is 1.59. The summed E-state index contributed by atoms with van der Waals surface area (Å²) in [6, 6.07) is 20.8. The lowest BCUT2D eigenvalue weighted by atomic mass is 9.82. The summed E-state index contributed by atoms with van der Waals surface area (Å²) in [5.41, 5.74) is 3.11. The van der Waals surface area contributed by atoms with Crippen LogP contribution in [0.1, 0.15) is 38.3 Å². The maximum atomic E-state index is 2.29. The second kappa shape index (κ2) is 7.00. The molecule has 0 aliphatic carbocycles. The molecule has 0 heteroatoms. The zero-order valence-electron chi connectivity index (χ0n) is 12.0. The van der Waals surface area contributed by atoms with Crippen LogP contribution in [0.2, 0.25) is 0 Å². The van der Waals surface area contributed by atoms with Crippen molar-refractivity contribution in [3.8, 4) is 0 Å². The fraction of sp³-hybridized carbons (Fsp3) is 0.333. The maximum absolute atomic E-state index is 2.29. The molecule has 18 heavy (non-hydrogen) atoms. The fourth-order valence-electron chi connectivity index (χ4n) is 1.59. The van der Waals surface area contributed by atoms with E-state index in [-0.39, 0.29) is 0 Å². The first-order chi connectivity index (χ1) is 8.56. The minimum Gasteiger partial charge on any atom is -0.0646 e. The molecule has 2 aromatic carbocycles. The van der Waals surface area contributed by atoms with Crippen LogP contribution < -0.4 is 0 Å². The lowest BCUT2D eigenvalue weighted by Crippen LogP contribution is -2.14. The van der Waals surface area contributed by atoms with E-state index in [9.17, 15) is 0 Å². The molecule has 0 spiro atoms. The van der Waals surface area contributed by atoms with Crippen LogP contribution in [0, 0.1) is 6.92 Å². The van der Waals surface area contributed by atoms with E-state index in [1.807, 2.05) is 36.4 Å². The van der Waals surface area contributed by atoms with Gasteiger partial charge in [0, 0.05) is 0 Å². The molecule has 0 atom stereocenters. The van der Waals surface area contributed by atoms with Crippen molar-refractivity contribution in [2.45, 2.75) is 39.5 Å². The Hall–Kier alpha value is -1.56. The van der Waals surface area contributed by atoms with Crippen molar-refractivity contribution in [3.63, 3.8) is 0 Å². The molecule has 0 saturated heterocycles. The molecule has 0 bridgehead atoms. The average Bonchev–Trinajstić information content (AvgIpc) is 2.42. The third kappa shape index (κ3) is 4.75. The standard InChI is InChI=1S/C12H18.C6H6/c1-5-12(3,4)11-8-6-10(2)7-9-11;1-2-4-6-5-3-1/h6-9H,5H2,1-4H3;1-6H. The first-order valence-electron chi connectivity index (χ1n) is 6.63. The Morgan fingerprint density at radius 1 is 0.778 bits per heavy atom. The molecule has 0 N–H and O–H groups in total. The predicted octanol–water partition coefficient (Wildman–Crippen LogP) is 5.37. The Bertz CT molecular complexity index is 397. The van der Waals surface area contributed by atoms with Crippen molar-refractivity contribution >= 4 is 0 Å². The van der Waals surface area contributed by atoms with E-state index >= 15 is 0 Å². The number of benzene rings is 2. The van der Waals surface area contributed by atoms with Gasteiger partial charge in [-0.2, -0.15) is 0 Å². The molecule has 96 valence electrons. The summed E-state index contributed by atoms with van der Waals surface area (Å²) < 4.78 is 0. The third-order valence-corrected chi connectivity index (χ3v) is 3.38. The Kier molecular flexibility index (Phi) is 5.64. The summed E-state index contributed by atoms with van der Waals surface area (Å²) in [6.45, 7) is 8.94. The molecule has 0 saturated carbocycles. The Labute approximate surface area is 112 Å². The van der Waals surface area contributed by atoms with Gasteiger partial charge in [0.25, 0.3) is 0 Å². The smallest absolute Gasteiger partial charge is 0.0106 e. The summed E-state index contributed by atoms with van der Waals surface area (Å²) in [7, 11) is 0. The van der Waals surface area contributed by atoms with E-state index in [1.165, 1.54) is 17.5 Å². The van der Waals surface area contributed by atoms with Gasteiger partial charge >= 0.3 is 0 Å². The Balaban J connectivity index is 0.000000225. The number of aryl methyl sites for hydroxylation is 1. The minimum absolute atomic E-state index is 0.327. The molecule has 0 aromatic heterocycles. The van der Waals surface area contributed by atoms with Crippen molar-refractivity contribution in [2.24, 2.45) is 0 Å². The van der Waals surface area contributed by atoms with Crippen molar-refractivity contribution in [1.29, 1.82) is 0 Å². The molecular weight excluding hydrogens is 216 g/mol. The molecule has 2 aromatic rings. The lowest BCUT2D eigenvalue weighted by molar-refractivity contribution is 0.506. The van der Waals surface area contributed by atoms with E-state index in [0.29, 0.717) is 5.41 Å². The first-order valence-corrected chi connectivity index (χ1v) is 6.63. The van der Waals surface area contributed by atoms with Gasteiger partial charge in [0.2, 0.25) is 0 Å². The SMILES string of the molecule is CCC(C)(C)c1ccc(C)cc1.c1ccccc1. The molecule has 0 fully saturated rings. The second-order valence-corrected chi connectivity index (χ2v) is 5.26. The molecule has 0 heterocycles. The highest BCUT2D eigenvalue weighted by molar-refractivity contribution is 5.27. The van der Waals surface area contributed by atoms with E-state index < -0.39 is 0 Å². The minimum atomic E-state index is 0.327. The van der Waals surface area contributed by atoms with Crippen molar-refractivity contribution in [2.75, 3.05) is 0 Å². The second-order valence-electron chi connectivity index (χ2n) is 5.26. The van der Waals surface area contributed by atoms with Gasteiger partial charge in [0.15, 0.2) is 0 Å². The number of rotatable bonds is 2. The van der Waals surface area contributed by atoms with Crippen LogP contribution in [-0.4, -0.2) is 0 Å². The summed E-state index contributed by atoms with van der Waals surface area (Å²) in [5, 5.41) is 0. The molecule has 0 unspecified atom stereocenters. The van der Waals surface area contributed by atoms with E-state index in [4.69, 9.17) is 0 Å². The van der Waals surface area contributed by atoms with Gasteiger partial charge in [0.05, 0.1) is 0 Å². The molecule has 2 rings (SSSR count). The van der Waals surface area contributed by atoms with Crippen LogP contribution in [0.4, 0.5) is 0 Å². The lowest BCUT2D eigenvalue weighted by Gasteiger charge is -2.23. The Morgan fingerprint density at radius 2 is 1.17 bits per heavy atom. The monoisotopic (exact) mass is 240 g/mol. The topological polar surface area (TPSA) is 0 Å². The van der Waals surface area contributed by atoms with Crippen LogP contribution in [0.15, 0.2) is 60.7 Å². The van der Waals surface area contributed by atoms with Gasteiger partial charge in [0.1, 0.15) is 0 Å². The van der Waals surface area contributed by atoms with Gasteiger partial charge in [-0.15, -0.1) is 0 Å². The molecule has 0 aliphatic heterocycles. The Morgan fingerprint density at radius 3 is 1.50 bits per heavy atom. The van der Waals surface area contributed by atoms with Crippen molar-refractivity contribution in [3.05, 3.63) is 71.8 Å². The molecule has 0 radical (unpaired) electrons. The highest BCUT2D eigenvalue weighted by Gasteiger charge is 2.16. The average molecular weight is 240 g/mol. The number of hydrogen-bond acceptors (Lipinski definition) is 0. The van der Waals surface area contributed by atoms with Crippen molar-refractivity contribution < 1.29 is 0 Å². The summed E-state index contributed by atoms with van der Waals surface area (Å²) in [6.07, 6.45) is 1.19. The van der Waals surface area contributed by atoms with Gasteiger partial charge in [-0.3, -0.25) is 0 Å². The van der Waals surface area contributed by atoms with E-state index in [2.05, 4.69) is 52.0 Å². The van der Waals surface area contributed by atoms with Crippen LogP contribution in [0.25, 0.3) is 0 Å². The van der Waals surface area contributed by atoms with Crippen LogP contribution in [0.3, 0.4) is 0 Å². The summed E-state index contributed by atoms with van der Waals surface area (Å²) >= 11 is 0. The van der Waals surface area contributed by atoms with Crippen molar-refractivity contribution in [1.82, 2.24) is 0 Å². The van der Waals surface area contributed by atoms with Crippen LogP contribution in [-0.2, 0) is 5.41 Å². The van der Waals surface area contributed by atoms with Crippen LogP contribution >= 0.6 is 0 Å². The van der Waals surface area contributed by atoms with Gasteiger partial charge < -0.3 is 0 Å². The predicted molar refractivity (Wildman–Crippen MR) is 80.9 cm³/mol. The highest BCUT2D eigenvalue weighted by Crippen LogP contribution is 2.26. The molecule has 0 nitrogen and oxygen atoms in total. The van der Waals surface area contributed by atoms with Gasteiger partial charge in [-0.25, -0.2) is 0 Å². The highest BCUT2D eigenvalue weighted by atomic mass is 14.2. The quantitative estimate of drug-likeness (QED) is 0.662. The molecule has 0 amide bonds. The zero-order chi connectivity index (χ0) is 13.4. The third-order valence-electron chi connectivity index (χ3n) is 3.38. The largest absolute Gasteiger partial charge is 0.0646 e. The first kappa shape index (κ1) is 14.5. The summed E-state index contributed by atoms with van der Waals surface area (Å²) in [4.78, 5) is 0. The summed E-state index contributed by atoms with van der Waals surface area (Å²) in [5.74, 6) is 0. The molecular formula is C18H24. The number of hydrogen-bond donors (Lipinski definition) is 0. The van der Waals surface area contributed by atoms with E-state index in [0.717, 1.165) is 0 Å². The zero-order valence-corrected chi connectivity index (χ0v) is 12.0.